The van der Waals surface area contributed by atoms with Crippen LogP contribution in [0.4, 0.5) is 9.93 Å². The molecule has 26 heavy (non-hydrogen) atoms. The third kappa shape index (κ3) is 3.97. The Bertz CT molecular complexity index is 977. The molecule has 2 N–H and O–H groups in total. The molecule has 3 rings (SSSR count). The summed E-state index contributed by atoms with van der Waals surface area (Å²) in [6.07, 6.45) is -0.656. The van der Waals surface area contributed by atoms with Crippen LogP contribution in [0.2, 0.25) is 0 Å². The van der Waals surface area contributed by atoms with Crippen molar-refractivity contribution in [2.24, 2.45) is 0 Å². The normalized spacial score (nSPS) is 11.3. The van der Waals surface area contributed by atoms with Crippen molar-refractivity contribution in [3.05, 3.63) is 42.0 Å². The highest BCUT2D eigenvalue weighted by molar-refractivity contribution is 7.22. The number of amides is 1. The first kappa shape index (κ1) is 17.8. The number of pyridine rings is 1. The van der Waals surface area contributed by atoms with Crippen LogP contribution in [0.15, 0.2) is 36.4 Å². The summed E-state index contributed by atoms with van der Waals surface area (Å²) in [5.74, 6) is -1.08. The molecular weight excluding hydrogens is 354 g/mol. The van der Waals surface area contributed by atoms with Gasteiger partial charge in [-0.05, 0) is 26.8 Å². The van der Waals surface area contributed by atoms with Crippen molar-refractivity contribution in [2.45, 2.75) is 26.4 Å². The number of hydrogen-bond acceptors (Lipinski definition) is 6. The van der Waals surface area contributed by atoms with E-state index in [1.165, 1.54) is 6.07 Å². The van der Waals surface area contributed by atoms with Gasteiger partial charge in [-0.2, -0.15) is 4.98 Å². The Kier molecular flexibility index (Phi) is 4.60. The first-order valence-corrected chi connectivity index (χ1v) is 8.65. The van der Waals surface area contributed by atoms with E-state index < -0.39 is 17.7 Å². The molecule has 0 unspecified atom stereocenters. The molecule has 2 aromatic heterocycles. The molecule has 0 aliphatic heterocycles. The van der Waals surface area contributed by atoms with Gasteiger partial charge in [-0.3, -0.25) is 5.32 Å². The van der Waals surface area contributed by atoms with Crippen LogP contribution in [0.25, 0.3) is 21.6 Å². The number of aromatic carboxylic acids is 1. The van der Waals surface area contributed by atoms with Gasteiger partial charge in [0.1, 0.15) is 5.60 Å². The zero-order chi connectivity index (χ0) is 18.9. The van der Waals surface area contributed by atoms with Crippen molar-refractivity contribution < 1.29 is 19.4 Å². The molecule has 0 aliphatic rings. The number of carboxylic acid groups (broad SMARTS) is 1. The summed E-state index contributed by atoms with van der Waals surface area (Å²) < 4.78 is 5.58. The van der Waals surface area contributed by atoms with Gasteiger partial charge in [0, 0.05) is 5.56 Å². The van der Waals surface area contributed by atoms with Crippen molar-refractivity contribution in [3.63, 3.8) is 0 Å². The maximum Gasteiger partial charge on any atom is 0.413 e. The van der Waals surface area contributed by atoms with Gasteiger partial charge >= 0.3 is 12.1 Å². The summed E-state index contributed by atoms with van der Waals surface area (Å²) in [5.41, 5.74) is 0.991. The molecule has 0 fully saturated rings. The number of benzene rings is 1. The topological polar surface area (TPSA) is 101 Å². The van der Waals surface area contributed by atoms with Gasteiger partial charge in [0.2, 0.25) is 0 Å². The number of carboxylic acids is 1. The zero-order valence-corrected chi connectivity index (χ0v) is 15.3. The largest absolute Gasteiger partial charge is 0.478 e. The fourth-order valence-electron chi connectivity index (χ4n) is 2.27. The molecule has 0 aliphatic carbocycles. The molecule has 0 spiro atoms. The van der Waals surface area contributed by atoms with E-state index >= 15 is 0 Å². The third-order valence-electron chi connectivity index (χ3n) is 3.27. The third-order valence-corrected chi connectivity index (χ3v) is 4.26. The molecule has 7 nitrogen and oxygen atoms in total. The first-order valence-electron chi connectivity index (χ1n) is 7.83. The fourth-order valence-corrected chi connectivity index (χ4v) is 3.17. The van der Waals surface area contributed by atoms with Gasteiger partial charge in [-0.25, -0.2) is 14.6 Å². The minimum atomic E-state index is -1.08. The van der Waals surface area contributed by atoms with Gasteiger partial charge in [0.15, 0.2) is 10.8 Å². The molecule has 0 atom stereocenters. The molecular formula is C18H17N3O4S. The highest BCUT2D eigenvalue weighted by Gasteiger charge is 2.20. The van der Waals surface area contributed by atoms with E-state index in [0.717, 1.165) is 16.9 Å². The molecule has 1 amide bonds. The predicted molar refractivity (Wildman–Crippen MR) is 99.7 cm³/mol. The van der Waals surface area contributed by atoms with Crippen LogP contribution < -0.4 is 5.32 Å². The molecule has 0 bridgehead atoms. The average molecular weight is 371 g/mol. The molecule has 134 valence electrons. The highest BCUT2D eigenvalue weighted by atomic mass is 32.1. The van der Waals surface area contributed by atoms with Crippen LogP contribution in [-0.2, 0) is 4.74 Å². The fraction of sp³-hybridized carbons (Fsp3) is 0.222. The Hall–Kier alpha value is -3.00. The number of carbonyl (C=O) groups excluding carboxylic acids is 1. The van der Waals surface area contributed by atoms with E-state index in [9.17, 15) is 14.7 Å². The number of thiazole rings is 1. The average Bonchev–Trinajstić information content (AvgIpc) is 2.94. The number of aromatic nitrogens is 2. The van der Waals surface area contributed by atoms with Crippen LogP contribution >= 0.6 is 11.3 Å². The standard InChI is InChI=1S/C18H17N3O4S/c1-18(2,3)25-17(24)21-16-20-14-13(26-16)11(15(22)23)9-12(19-14)10-7-5-4-6-8-10/h4-9H,1-3H3,(H,22,23)(H,19,20,21,24). The van der Waals surface area contributed by atoms with Crippen molar-refractivity contribution >= 4 is 38.9 Å². The minimum absolute atomic E-state index is 0.0867. The summed E-state index contributed by atoms with van der Waals surface area (Å²) >= 11 is 1.04. The maximum atomic E-state index is 11.9. The molecule has 0 saturated carbocycles. The second-order valence-corrected chi connectivity index (χ2v) is 7.52. The Morgan fingerprint density at radius 1 is 1.15 bits per heavy atom. The van der Waals surface area contributed by atoms with Crippen LogP contribution in [0.3, 0.4) is 0 Å². The van der Waals surface area contributed by atoms with E-state index in [0.29, 0.717) is 10.4 Å². The molecule has 0 saturated heterocycles. The van der Waals surface area contributed by atoms with Crippen LogP contribution in [0, 0.1) is 0 Å². The van der Waals surface area contributed by atoms with E-state index in [1.807, 2.05) is 30.3 Å². The lowest BCUT2D eigenvalue weighted by Crippen LogP contribution is -2.27. The smallest absolute Gasteiger partial charge is 0.413 e. The van der Waals surface area contributed by atoms with Crippen molar-refractivity contribution in [1.29, 1.82) is 0 Å². The van der Waals surface area contributed by atoms with Crippen LogP contribution in [0.5, 0.6) is 0 Å². The van der Waals surface area contributed by atoms with Crippen LogP contribution in [0.1, 0.15) is 31.1 Å². The Morgan fingerprint density at radius 3 is 2.46 bits per heavy atom. The lowest BCUT2D eigenvalue weighted by atomic mass is 10.1. The number of hydrogen-bond donors (Lipinski definition) is 2. The van der Waals surface area contributed by atoms with E-state index in [2.05, 4.69) is 15.3 Å². The quantitative estimate of drug-likeness (QED) is 0.707. The molecule has 2 heterocycles. The lowest BCUT2D eigenvalue weighted by Gasteiger charge is -2.18. The molecule has 0 radical (unpaired) electrons. The molecule has 8 heteroatoms. The van der Waals surface area contributed by atoms with Gasteiger partial charge in [-0.15, -0.1) is 0 Å². The van der Waals surface area contributed by atoms with Crippen molar-refractivity contribution in [3.8, 4) is 11.3 Å². The molecule has 3 aromatic rings. The van der Waals surface area contributed by atoms with Gasteiger partial charge in [0.05, 0.1) is 16.0 Å². The van der Waals surface area contributed by atoms with Gasteiger partial charge in [0.25, 0.3) is 0 Å². The first-order chi connectivity index (χ1) is 12.2. The number of rotatable bonds is 3. The number of ether oxygens (including phenoxy) is 1. The van der Waals surface area contributed by atoms with Gasteiger partial charge < -0.3 is 9.84 Å². The Labute approximate surface area is 153 Å². The Morgan fingerprint density at radius 2 is 1.85 bits per heavy atom. The maximum absolute atomic E-state index is 11.9. The van der Waals surface area contributed by atoms with E-state index in [1.54, 1.807) is 20.8 Å². The summed E-state index contributed by atoms with van der Waals surface area (Å²) in [4.78, 5) is 32.2. The zero-order valence-electron chi connectivity index (χ0n) is 14.4. The summed E-state index contributed by atoms with van der Waals surface area (Å²) in [6.45, 7) is 5.25. The minimum Gasteiger partial charge on any atom is -0.478 e. The number of nitrogens with one attached hydrogen (secondary N) is 1. The SMILES string of the molecule is CC(C)(C)OC(=O)Nc1nc2nc(-c3ccccc3)cc(C(=O)O)c2s1. The number of anilines is 1. The monoisotopic (exact) mass is 371 g/mol. The van der Waals surface area contributed by atoms with Crippen molar-refractivity contribution in [2.75, 3.05) is 5.32 Å². The highest BCUT2D eigenvalue weighted by Crippen LogP contribution is 2.31. The number of nitrogens with zero attached hydrogens (tertiary/aromatic N) is 2. The van der Waals surface area contributed by atoms with E-state index in [-0.39, 0.29) is 16.3 Å². The van der Waals surface area contributed by atoms with Crippen molar-refractivity contribution in [1.82, 2.24) is 9.97 Å². The second-order valence-electron chi connectivity index (χ2n) is 6.52. The summed E-state index contributed by atoms with van der Waals surface area (Å²) in [6, 6.07) is 10.7. The van der Waals surface area contributed by atoms with Crippen LogP contribution in [-0.4, -0.2) is 32.7 Å². The summed E-state index contributed by atoms with van der Waals surface area (Å²) in [7, 11) is 0. The second kappa shape index (κ2) is 6.72. The predicted octanol–water partition coefficient (Wildman–Crippen LogP) is 4.40. The van der Waals surface area contributed by atoms with Gasteiger partial charge in [-0.1, -0.05) is 41.7 Å². The Balaban J connectivity index is 2.01. The van der Waals surface area contributed by atoms with E-state index in [4.69, 9.17) is 4.74 Å². The lowest BCUT2D eigenvalue weighted by molar-refractivity contribution is 0.0634. The number of carbonyl (C=O) groups is 2. The summed E-state index contributed by atoms with van der Waals surface area (Å²) in [5, 5.41) is 12.3. The number of fused-ring (bicyclic) bond motifs is 1. The molecule has 1 aromatic carbocycles.